The molecule has 0 heterocycles. The molecule has 0 aliphatic heterocycles. The van der Waals surface area contributed by atoms with E-state index < -0.39 is 23.7 Å². The van der Waals surface area contributed by atoms with E-state index in [1.165, 1.54) is 7.11 Å². The van der Waals surface area contributed by atoms with Crippen LogP contribution in [0.25, 0.3) is 0 Å². The Bertz CT molecular complexity index is 888. The van der Waals surface area contributed by atoms with E-state index in [1.54, 1.807) is 45.0 Å². The number of Topliss-reactive ketones (excluding diaryl/α,β-unsaturated/α-hetero) is 1. The van der Waals surface area contributed by atoms with Gasteiger partial charge in [-0.2, -0.15) is 0 Å². The molecular formula is C24H29NO6. The second-order valence-corrected chi connectivity index (χ2v) is 7.99. The van der Waals surface area contributed by atoms with Crippen LogP contribution in [-0.2, 0) is 20.9 Å². The maximum absolute atomic E-state index is 12.6. The minimum absolute atomic E-state index is 0.0394. The molecular weight excluding hydrogens is 398 g/mol. The highest BCUT2D eigenvalue weighted by Gasteiger charge is 2.25. The third kappa shape index (κ3) is 8.50. The zero-order chi connectivity index (χ0) is 22.9. The topological polar surface area (TPSA) is 90.9 Å². The van der Waals surface area contributed by atoms with Gasteiger partial charge in [-0.05, 0) is 44.9 Å². The van der Waals surface area contributed by atoms with Crippen molar-refractivity contribution in [3.8, 4) is 5.75 Å². The van der Waals surface area contributed by atoms with E-state index in [2.05, 4.69) is 5.32 Å². The van der Waals surface area contributed by atoms with Gasteiger partial charge >= 0.3 is 12.1 Å². The Hall–Kier alpha value is -3.35. The summed E-state index contributed by atoms with van der Waals surface area (Å²) in [7, 11) is 1.22. The average Bonchev–Trinajstić information content (AvgIpc) is 2.74. The molecule has 7 nitrogen and oxygen atoms in total. The number of alkyl carbamates (subject to hydrolysis) is 1. The summed E-state index contributed by atoms with van der Waals surface area (Å²) in [4.78, 5) is 36.7. The van der Waals surface area contributed by atoms with E-state index in [0.29, 0.717) is 17.9 Å². The fourth-order valence-corrected chi connectivity index (χ4v) is 2.76. The zero-order valence-electron chi connectivity index (χ0n) is 18.3. The fourth-order valence-electron chi connectivity index (χ4n) is 2.76. The second-order valence-electron chi connectivity index (χ2n) is 7.99. The van der Waals surface area contributed by atoms with Crippen LogP contribution < -0.4 is 10.1 Å². The summed E-state index contributed by atoms with van der Waals surface area (Å²) in [5.41, 5.74) is 0.778. The summed E-state index contributed by atoms with van der Waals surface area (Å²) < 4.78 is 15.7. The number of carbonyl (C=O) groups is 3. The van der Waals surface area contributed by atoms with Gasteiger partial charge in [0.2, 0.25) is 0 Å². The van der Waals surface area contributed by atoms with E-state index in [1.807, 2.05) is 30.3 Å². The normalized spacial score (nSPS) is 11.9. The molecule has 7 heteroatoms. The third-order valence-electron chi connectivity index (χ3n) is 4.24. The van der Waals surface area contributed by atoms with Crippen LogP contribution in [0.3, 0.4) is 0 Å². The molecule has 0 bridgehead atoms. The molecule has 166 valence electrons. The predicted octanol–water partition coefficient (Wildman–Crippen LogP) is 4.29. The van der Waals surface area contributed by atoms with E-state index >= 15 is 0 Å². The van der Waals surface area contributed by atoms with Crippen molar-refractivity contribution in [3.63, 3.8) is 0 Å². The van der Waals surface area contributed by atoms with Gasteiger partial charge in [0.25, 0.3) is 0 Å². The maximum Gasteiger partial charge on any atom is 0.408 e. The molecule has 0 unspecified atom stereocenters. The van der Waals surface area contributed by atoms with Gasteiger partial charge in [0, 0.05) is 12.0 Å². The number of methoxy groups -OCH3 is 1. The molecule has 0 radical (unpaired) electrons. The Balaban J connectivity index is 1.95. The van der Waals surface area contributed by atoms with Crippen LogP contribution in [0.1, 0.15) is 49.5 Å². The Morgan fingerprint density at radius 2 is 1.71 bits per heavy atom. The molecule has 31 heavy (non-hydrogen) atoms. The standard InChI is InChI=1S/C24H29NO6/c1-24(2,3)31-23(28)25-20(22(27)29-4)13-14-21(26)18-11-8-12-19(15-18)30-16-17-9-6-5-7-10-17/h5-12,15,20H,13-14,16H2,1-4H3,(H,25,28)/t20-/m0/s1. The number of carbonyl (C=O) groups excluding carboxylic acids is 3. The molecule has 0 saturated carbocycles. The molecule has 2 aromatic rings. The van der Waals surface area contributed by atoms with Crippen LogP contribution in [0.2, 0.25) is 0 Å². The number of hydrogen-bond acceptors (Lipinski definition) is 6. The lowest BCUT2D eigenvalue weighted by atomic mass is 10.0. The number of esters is 1. The summed E-state index contributed by atoms with van der Waals surface area (Å²) in [6.45, 7) is 5.55. The maximum atomic E-state index is 12.6. The molecule has 0 fully saturated rings. The molecule has 0 saturated heterocycles. The van der Waals surface area contributed by atoms with Gasteiger partial charge in [-0.1, -0.05) is 42.5 Å². The van der Waals surface area contributed by atoms with Crippen molar-refractivity contribution in [2.24, 2.45) is 0 Å². The number of benzene rings is 2. The summed E-state index contributed by atoms with van der Waals surface area (Å²) in [5, 5.41) is 2.47. The number of amides is 1. The van der Waals surface area contributed by atoms with Crippen LogP contribution in [0.5, 0.6) is 5.75 Å². The lowest BCUT2D eigenvalue weighted by Gasteiger charge is -2.22. The number of nitrogens with one attached hydrogen (secondary N) is 1. The van der Waals surface area contributed by atoms with E-state index in [9.17, 15) is 14.4 Å². The fraction of sp³-hybridized carbons (Fsp3) is 0.375. The summed E-state index contributed by atoms with van der Waals surface area (Å²) in [6, 6.07) is 15.6. The van der Waals surface area contributed by atoms with Gasteiger partial charge < -0.3 is 19.5 Å². The number of ketones is 1. The minimum Gasteiger partial charge on any atom is -0.489 e. The van der Waals surface area contributed by atoms with E-state index in [4.69, 9.17) is 14.2 Å². The van der Waals surface area contributed by atoms with Gasteiger partial charge in [-0.3, -0.25) is 4.79 Å². The van der Waals surface area contributed by atoms with E-state index in [-0.39, 0.29) is 18.6 Å². The molecule has 2 rings (SSSR count). The van der Waals surface area contributed by atoms with Crippen molar-refractivity contribution in [1.82, 2.24) is 5.32 Å². The first-order valence-electron chi connectivity index (χ1n) is 10.1. The summed E-state index contributed by atoms with van der Waals surface area (Å²) in [6.07, 6.45) is -0.621. The Kier molecular flexibility index (Phi) is 8.61. The van der Waals surface area contributed by atoms with Crippen LogP contribution in [0.4, 0.5) is 4.79 Å². The van der Waals surface area contributed by atoms with Crippen molar-refractivity contribution < 1.29 is 28.6 Å². The van der Waals surface area contributed by atoms with Crippen LogP contribution >= 0.6 is 0 Å². The van der Waals surface area contributed by atoms with Crippen molar-refractivity contribution >= 4 is 17.8 Å². The van der Waals surface area contributed by atoms with Gasteiger partial charge in [-0.25, -0.2) is 9.59 Å². The van der Waals surface area contributed by atoms with Gasteiger partial charge in [-0.15, -0.1) is 0 Å². The van der Waals surface area contributed by atoms with Crippen molar-refractivity contribution in [2.45, 2.75) is 51.9 Å². The SMILES string of the molecule is COC(=O)[C@H](CCC(=O)c1cccc(OCc2ccccc2)c1)NC(=O)OC(C)(C)C. The molecule has 1 N–H and O–H groups in total. The molecule has 1 atom stereocenters. The first-order valence-corrected chi connectivity index (χ1v) is 10.1. The first kappa shape index (κ1) is 23.9. The first-order chi connectivity index (χ1) is 14.7. The van der Waals surface area contributed by atoms with Gasteiger partial charge in [0.15, 0.2) is 5.78 Å². The van der Waals surface area contributed by atoms with Crippen molar-refractivity contribution in [2.75, 3.05) is 7.11 Å². The molecule has 0 aliphatic carbocycles. The highest BCUT2D eigenvalue weighted by atomic mass is 16.6. The lowest BCUT2D eigenvalue weighted by molar-refractivity contribution is -0.143. The Morgan fingerprint density at radius 1 is 1.00 bits per heavy atom. The van der Waals surface area contributed by atoms with Crippen LogP contribution in [0, 0.1) is 0 Å². The molecule has 1 amide bonds. The van der Waals surface area contributed by atoms with Crippen molar-refractivity contribution in [1.29, 1.82) is 0 Å². The average molecular weight is 427 g/mol. The lowest BCUT2D eigenvalue weighted by Crippen LogP contribution is -2.44. The predicted molar refractivity (Wildman–Crippen MR) is 116 cm³/mol. The highest BCUT2D eigenvalue weighted by Crippen LogP contribution is 2.18. The van der Waals surface area contributed by atoms with Gasteiger partial charge in [0.1, 0.15) is 24.0 Å². The minimum atomic E-state index is -0.985. The highest BCUT2D eigenvalue weighted by molar-refractivity contribution is 5.96. The van der Waals surface area contributed by atoms with Gasteiger partial charge in [0.05, 0.1) is 7.11 Å². The summed E-state index contributed by atoms with van der Waals surface area (Å²) in [5.74, 6) is -0.241. The number of hydrogen-bond donors (Lipinski definition) is 1. The third-order valence-corrected chi connectivity index (χ3v) is 4.24. The molecule has 0 aromatic heterocycles. The zero-order valence-corrected chi connectivity index (χ0v) is 18.3. The molecule has 0 aliphatic rings. The Morgan fingerprint density at radius 3 is 2.35 bits per heavy atom. The van der Waals surface area contributed by atoms with E-state index in [0.717, 1.165) is 5.56 Å². The van der Waals surface area contributed by atoms with Crippen LogP contribution in [-0.4, -0.2) is 36.6 Å². The molecule has 0 spiro atoms. The Labute approximate surface area is 182 Å². The molecule has 2 aromatic carbocycles. The second kappa shape index (κ2) is 11.2. The van der Waals surface area contributed by atoms with Crippen LogP contribution in [0.15, 0.2) is 54.6 Å². The quantitative estimate of drug-likeness (QED) is 0.474. The monoisotopic (exact) mass is 427 g/mol. The van der Waals surface area contributed by atoms with Crippen molar-refractivity contribution in [3.05, 3.63) is 65.7 Å². The largest absolute Gasteiger partial charge is 0.489 e. The number of ether oxygens (including phenoxy) is 3. The number of rotatable bonds is 9. The smallest absolute Gasteiger partial charge is 0.408 e. The summed E-state index contributed by atoms with van der Waals surface area (Å²) >= 11 is 0.